The van der Waals surface area contributed by atoms with Gasteiger partial charge in [0.05, 0.1) is 7.11 Å². The number of rotatable bonds is 5. The van der Waals surface area contributed by atoms with Crippen LogP contribution in [0.25, 0.3) is 6.08 Å². The second-order valence-corrected chi connectivity index (χ2v) is 4.13. The molecule has 102 valence electrons. The van der Waals surface area contributed by atoms with Crippen LogP contribution in [0.3, 0.4) is 0 Å². The molecular formula is C17H17NO2. The van der Waals surface area contributed by atoms with E-state index >= 15 is 0 Å². The highest BCUT2D eigenvalue weighted by Crippen LogP contribution is 2.13. The van der Waals surface area contributed by atoms with Gasteiger partial charge in [0, 0.05) is 5.56 Å². The third-order valence-electron chi connectivity index (χ3n) is 2.81. The van der Waals surface area contributed by atoms with Crippen LogP contribution in [0.15, 0.2) is 65.8 Å². The van der Waals surface area contributed by atoms with E-state index in [1.165, 1.54) is 0 Å². The molecule has 0 saturated carbocycles. The molecule has 0 saturated heterocycles. The molecule has 3 nitrogen and oxygen atoms in total. The van der Waals surface area contributed by atoms with Gasteiger partial charge in [0.25, 0.3) is 0 Å². The Kier molecular flexibility index (Phi) is 4.95. The normalized spacial score (nSPS) is 11.6. The third kappa shape index (κ3) is 3.72. The van der Waals surface area contributed by atoms with Gasteiger partial charge in [0.1, 0.15) is 18.6 Å². The first kappa shape index (κ1) is 13.9. The molecule has 0 aliphatic rings. The zero-order valence-corrected chi connectivity index (χ0v) is 11.6. The number of ether oxygens (including phenoxy) is 1. The number of oxime groups is 1. The molecule has 0 aliphatic carbocycles. The summed E-state index contributed by atoms with van der Waals surface area (Å²) in [5.74, 6) is 0.844. The summed E-state index contributed by atoms with van der Waals surface area (Å²) in [7, 11) is 3.20. The molecule has 0 heterocycles. The predicted octanol–water partition coefficient (Wildman–Crippen LogP) is 3.76. The Bertz CT molecular complexity index is 586. The molecule has 0 N–H and O–H groups in total. The van der Waals surface area contributed by atoms with Crippen LogP contribution in [0, 0.1) is 0 Å². The highest BCUT2D eigenvalue weighted by molar-refractivity contribution is 6.10. The molecule has 0 atom stereocenters. The Labute approximate surface area is 119 Å². The fourth-order valence-corrected chi connectivity index (χ4v) is 1.78. The van der Waals surface area contributed by atoms with Gasteiger partial charge in [-0.1, -0.05) is 53.7 Å². The van der Waals surface area contributed by atoms with E-state index in [1.807, 2.05) is 66.7 Å². The summed E-state index contributed by atoms with van der Waals surface area (Å²) in [5.41, 5.74) is 2.87. The number of methoxy groups -OCH3 is 1. The number of nitrogens with zero attached hydrogens (tertiary/aromatic N) is 1. The maximum Gasteiger partial charge on any atom is 0.118 e. The molecule has 2 rings (SSSR count). The van der Waals surface area contributed by atoms with E-state index in [-0.39, 0.29) is 0 Å². The van der Waals surface area contributed by atoms with E-state index in [1.54, 1.807) is 14.2 Å². The minimum atomic E-state index is 0.781. The Morgan fingerprint density at radius 3 is 2.25 bits per heavy atom. The van der Waals surface area contributed by atoms with Crippen LogP contribution < -0.4 is 4.74 Å². The Hall–Kier alpha value is -2.55. The van der Waals surface area contributed by atoms with Crippen molar-refractivity contribution >= 4 is 11.8 Å². The van der Waals surface area contributed by atoms with Gasteiger partial charge >= 0.3 is 0 Å². The highest BCUT2D eigenvalue weighted by Gasteiger charge is 1.99. The zero-order chi connectivity index (χ0) is 14.2. The fourth-order valence-electron chi connectivity index (χ4n) is 1.78. The van der Waals surface area contributed by atoms with Crippen LogP contribution in [0.5, 0.6) is 5.75 Å². The van der Waals surface area contributed by atoms with E-state index in [9.17, 15) is 0 Å². The van der Waals surface area contributed by atoms with Crippen LogP contribution in [-0.2, 0) is 4.84 Å². The third-order valence-corrected chi connectivity index (χ3v) is 2.81. The molecule has 0 unspecified atom stereocenters. The monoisotopic (exact) mass is 267 g/mol. The standard InChI is InChI=1S/C17H17NO2/c1-19-16-11-8-14(9-12-16)10-13-17(18-20-2)15-6-4-3-5-7-15/h3-13H,1-2H3/b13-10+,18-17+. The largest absolute Gasteiger partial charge is 0.497 e. The molecule has 0 bridgehead atoms. The molecule has 2 aromatic carbocycles. The van der Waals surface area contributed by atoms with Gasteiger partial charge < -0.3 is 9.57 Å². The molecular weight excluding hydrogens is 250 g/mol. The summed E-state index contributed by atoms with van der Waals surface area (Å²) >= 11 is 0. The lowest BCUT2D eigenvalue weighted by Gasteiger charge is -2.01. The number of hydrogen-bond acceptors (Lipinski definition) is 3. The summed E-state index contributed by atoms with van der Waals surface area (Å²) in [6, 6.07) is 17.7. The van der Waals surface area contributed by atoms with E-state index < -0.39 is 0 Å². The second kappa shape index (κ2) is 7.14. The summed E-state index contributed by atoms with van der Waals surface area (Å²) in [5, 5.41) is 4.05. The van der Waals surface area contributed by atoms with Gasteiger partial charge in [0.15, 0.2) is 0 Å². The first-order valence-electron chi connectivity index (χ1n) is 6.32. The average Bonchev–Trinajstić information content (AvgIpc) is 2.53. The van der Waals surface area contributed by atoms with Crippen LogP contribution in [0.1, 0.15) is 11.1 Å². The van der Waals surface area contributed by atoms with Crippen LogP contribution in [-0.4, -0.2) is 19.9 Å². The van der Waals surface area contributed by atoms with Crippen LogP contribution >= 0.6 is 0 Å². The number of benzene rings is 2. The van der Waals surface area contributed by atoms with E-state index in [2.05, 4.69) is 5.16 Å². The molecule has 0 amide bonds. The molecule has 2 aromatic rings. The van der Waals surface area contributed by atoms with E-state index in [4.69, 9.17) is 9.57 Å². The average molecular weight is 267 g/mol. The van der Waals surface area contributed by atoms with Gasteiger partial charge in [-0.05, 0) is 23.8 Å². The van der Waals surface area contributed by atoms with Gasteiger partial charge in [-0.25, -0.2) is 0 Å². The minimum Gasteiger partial charge on any atom is -0.497 e. The number of allylic oxidation sites excluding steroid dienone is 1. The molecule has 3 heteroatoms. The lowest BCUT2D eigenvalue weighted by Crippen LogP contribution is -1.96. The van der Waals surface area contributed by atoms with Crippen molar-refractivity contribution in [1.82, 2.24) is 0 Å². The van der Waals surface area contributed by atoms with E-state index in [0.29, 0.717) is 0 Å². The summed E-state index contributed by atoms with van der Waals surface area (Å²) < 4.78 is 5.13. The summed E-state index contributed by atoms with van der Waals surface area (Å²) in [6.07, 6.45) is 3.92. The smallest absolute Gasteiger partial charge is 0.118 e. The SMILES string of the molecule is CO/N=C(\C=C\c1ccc(OC)cc1)c1ccccc1. The Morgan fingerprint density at radius 1 is 0.950 bits per heavy atom. The van der Waals surface area contributed by atoms with Crippen LogP contribution in [0.2, 0.25) is 0 Å². The maximum atomic E-state index is 5.13. The first-order chi connectivity index (χ1) is 9.83. The molecule has 0 radical (unpaired) electrons. The van der Waals surface area contributed by atoms with Crippen molar-refractivity contribution in [1.29, 1.82) is 0 Å². The zero-order valence-electron chi connectivity index (χ0n) is 11.6. The van der Waals surface area contributed by atoms with Gasteiger partial charge in [0.2, 0.25) is 0 Å². The van der Waals surface area contributed by atoms with E-state index in [0.717, 1.165) is 22.6 Å². The Balaban J connectivity index is 2.19. The van der Waals surface area contributed by atoms with Crippen molar-refractivity contribution in [3.63, 3.8) is 0 Å². The number of hydrogen-bond donors (Lipinski definition) is 0. The molecule has 0 aliphatic heterocycles. The lowest BCUT2D eigenvalue weighted by molar-refractivity contribution is 0.214. The lowest BCUT2D eigenvalue weighted by atomic mass is 10.1. The fraction of sp³-hybridized carbons (Fsp3) is 0.118. The minimum absolute atomic E-state index is 0.781. The highest BCUT2D eigenvalue weighted by atomic mass is 16.6. The predicted molar refractivity (Wildman–Crippen MR) is 82.0 cm³/mol. The van der Waals surface area contributed by atoms with Crippen molar-refractivity contribution in [3.8, 4) is 5.75 Å². The molecule has 0 fully saturated rings. The Morgan fingerprint density at radius 2 is 1.65 bits per heavy atom. The van der Waals surface area contributed by atoms with Crippen molar-refractivity contribution in [2.24, 2.45) is 5.16 Å². The van der Waals surface area contributed by atoms with Crippen molar-refractivity contribution < 1.29 is 9.57 Å². The first-order valence-corrected chi connectivity index (χ1v) is 6.32. The molecule has 0 aromatic heterocycles. The van der Waals surface area contributed by atoms with Crippen molar-refractivity contribution in [2.45, 2.75) is 0 Å². The topological polar surface area (TPSA) is 30.8 Å². The molecule has 20 heavy (non-hydrogen) atoms. The quantitative estimate of drug-likeness (QED) is 0.610. The van der Waals surface area contributed by atoms with Crippen molar-refractivity contribution in [2.75, 3.05) is 14.2 Å². The summed E-state index contributed by atoms with van der Waals surface area (Å²) in [4.78, 5) is 4.90. The molecule has 0 spiro atoms. The second-order valence-electron chi connectivity index (χ2n) is 4.13. The van der Waals surface area contributed by atoms with Crippen LogP contribution in [0.4, 0.5) is 0 Å². The van der Waals surface area contributed by atoms with Gasteiger partial charge in [-0.15, -0.1) is 0 Å². The maximum absolute atomic E-state index is 5.13. The summed E-state index contributed by atoms with van der Waals surface area (Å²) in [6.45, 7) is 0. The van der Waals surface area contributed by atoms with Gasteiger partial charge in [-0.3, -0.25) is 0 Å². The van der Waals surface area contributed by atoms with Crippen molar-refractivity contribution in [3.05, 3.63) is 71.8 Å². The van der Waals surface area contributed by atoms with Gasteiger partial charge in [-0.2, -0.15) is 0 Å².